The molecule has 0 aliphatic heterocycles. The van der Waals surface area contributed by atoms with Crippen LogP contribution in [0, 0.1) is 0 Å². The third-order valence-corrected chi connectivity index (χ3v) is 2.10. The van der Waals surface area contributed by atoms with Gasteiger partial charge in [-0.2, -0.15) is 5.10 Å². The van der Waals surface area contributed by atoms with E-state index >= 15 is 0 Å². The quantitative estimate of drug-likeness (QED) is 0.736. The number of nitrogen functional groups attached to an aromatic ring is 1. The predicted octanol–water partition coefficient (Wildman–Crippen LogP) is 2.31. The van der Waals surface area contributed by atoms with Gasteiger partial charge in [-0.05, 0) is 6.42 Å². The average molecular weight is 188 g/mol. The molecular formula is C8H14ClN3. The number of nitrogens with zero attached hydrogens (tertiary/aromatic N) is 2. The minimum absolute atomic E-state index is 0.548. The van der Waals surface area contributed by atoms with Crippen molar-refractivity contribution >= 4 is 17.4 Å². The lowest BCUT2D eigenvalue weighted by Crippen LogP contribution is -2.04. The first-order chi connectivity index (χ1) is 5.75. The van der Waals surface area contributed by atoms with E-state index in [4.69, 9.17) is 17.3 Å². The van der Waals surface area contributed by atoms with Crippen molar-refractivity contribution in [2.75, 3.05) is 5.73 Å². The molecule has 1 rings (SSSR count). The molecule has 0 radical (unpaired) electrons. The highest BCUT2D eigenvalue weighted by atomic mass is 35.5. The Labute approximate surface area is 77.5 Å². The molecule has 1 heterocycles. The highest BCUT2D eigenvalue weighted by molar-refractivity contribution is 6.32. The largest absolute Gasteiger partial charge is 0.383 e. The number of aryl methyl sites for hydroxylation is 1. The number of unbranched alkanes of at least 4 members (excludes halogenated alkanes) is 2. The molecule has 2 N–H and O–H groups in total. The number of nitrogens with two attached hydrogens (primary N) is 1. The Kier molecular flexibility index (Phi) is 3.41. The molecule has 0 aliphatic rings. The molecular weight excluding hydrogens is 174 g/mol. The van der Waals surface area contributed by atoms with Gasteiger partial charge < -0.3 is 5.73 Å². The summed E-state index contributed by atoms with van der Waals surface area (Å²) in [7, 11) is 0. The lowest BCUT2D eigenvalue weighted by Gasteiger charge is -2.02. The van der Waals surface area contributed by atoms with Crippen LogP contribution in [0.1, 0.15) is 26.2 Å². The molecule has 68 valence electrons. The van der Waals surface area contributed by atoms with Crippen molar-refractivity contribution in [3.63, 3.8) is 0 Å². The number of aromatic nitrogens is 2. The smallest absolute Gasteiger partial charge is 0.140 e. The van der Waals surface area contributed by atoms with Crippen molar-refractivity contribution in [1.82, 2.24) is 9.78 Å². The normalized spacial score (nSPS) is 10.5. The van der Waals surface area contributed by atoms with Gasteiger partial charge in [0.1, 0.15) is 10.8 Å². The summed E-state index contributed by atoms with van der Waals surface area (Å²) in [4.78, 5) is 0. The van der Waals surface area contributed by atoms with E-state index in [-0.39, 0.29) is 0 Å². The van der Waals surface area contributed by atoms with E-state index in [0.717, 1.165) is 13.0 Å². The molecule has 0 saturated carbocycles. The van der Waals surface area contributed by atoms with Crippen LogP contribution in [0.15, 0.2) is 6.20 Å². The highest BCUT2D eigenvalue weighted by Gasteiger charge is 2.02. The molecule has 0 saturated heterocycles. The second-order valence-corrected chi connectivity index (χ2v) is 3.22. The van der Waals surface area contributed by atoms with Gasteiger partial charge >= 0.3 is 0 Å². The molecule has 0 fully saturated rings. The van der Waals surface area contributed by atoms with Crippen molar-refractivity contribution in [3.05, 3.63) is 11.2 Å². The zero-order valence-corrected chi connectivity index (χ0v) is 8.01. The van der Waals surface area contributed by atoms with E-state index in [0.29, 0.717) is 10.8 Å². The molecule has 0 unspecified atom stereocenters. The Morgan fingerprint density at radius 1 is 1.58 bits per heavy atom. The zero-order chi connectivity index (χ0) is 8.97. The number of hydrogen-bond donors (Lipinski definition) is 1. The minimum atomic E-state index is 0.548. The molecule has 0 aromatic carbocycles. The van der Waals surface area contributed by atoms with Crippen LogP contribution in [0.3, 0.4) is 0 Å². The van der Waals surface area contributed by atoms with Gasteiger partial charge in [0.2, 0.25) is 0 Å². The van der Waals surface area contributed by atoms with Crippen LogP contribution >= 0.6 is 11.6 Å². The van der Waals surface area contributed by atoms with Gasteiger partial charge in [-0.3, -0.25) is 0 Å². The summed E-state index contributed by atoms with van der Waals surface area (Å²) in [5, 5.41) is 4.59. The second kappa shape index (κ2) is 4.36. The van der Waals surface area contributed by atoms with E-state index in [1.54, 1.807) is 10.9 Å². The maximum atomic E-state index is 5.73. The SMILES string of the molecule is CCCCCn1ncc(Cl)c1N. The summed E-state index contributed by atoms with van der Waals surface area (Å²) in [6.07, 6.45) is 5.10. The fraction of sp³-hybridized carbons (Fsp3) is 0.625. The number of rotatable bonds is 4. The van der Waals surface area contributed by atoms with Gasteiger partial charge in [0, 0.05) is 6.54 Å². The van der Waals surface area contributed by atoms with Crippen LogP contribution in [0.4, 0.5) is 5.82 Å². The van der Waals surface area contributed by atoms with Gasteiger partial charge in [-0.25, -0.2) is 4.68 Å². The van der Waals surface area contributed by atoms with Gasteiger partial charge in [0.05, 0.1) is 6.20 Å². The Morgan fingerprint density at radius 3 is 2.83 bits per heavy atom. The van der Waals surface area contributed by atoms with Crippen LogP contribution < -0.4 is 5.73 Å². The summed E-state index contributed by atoms with van der Waals surface area (Å²) in [5.74, 6) is 0.577. The summed E-state index contributed by atoms with van der Waals surface area (Å²) in [6.45, 7) is 3.03. The van der Waals surface area contributed by atoms with Crippen LogP contribution in [-0.4, -0.2) is 9.78 Å². The molecule has 3 nitrogen and oxygen atoms in total. The molecule has 0 aliphatic carbocycles. The van der Waals surface area contributed by atoms with Crippen LogP contribution in [0.25, 0.3) is 0 Å². The fourth-order valence-electron chi connectivity index (χ4n) is 1.06. The van der Waals surface area contributed by atoms with E-state index in [2.05, 4.69) is 12.0 Å². The van der Waals surface area contributed by atoms with Crippen molar-refractivity contribution in [3.8, 4) is 0 Å². The fourth-order valence-corrected chi connectivity index (χ4v) is 1.20. The molecule has 4 heteroatoms. The predicted molar refractivity (Wildman–Crippen MR) is 51.2 cm³/mol. The van der Waals surface area contributed by atoms with Gasteiger partial charge in [0.15, 0.2) is 0 Å². The first-order valence-electron chi connectivity index (χ1n) is 4.22. The van der Waals surface area contributed by atoms with Crippen molar-refractivity contribution in [2.45, 2.75) is 32.7 Å². The standard InChI is InChI=1S/C8H14ClN3/c1-2-3-4-5-12-8(10)7(9)6-11-12/h6H,2-5,10H2,1H3. The highest BCUT2D eigenvalue weighted by Crippen LogP contribution is 2.17. The molecule has 0 amide bonds. The van der Waals surface area contributed by atoms with E-state index < -0.39 is 0 Å². The third kappa shape index (κ3) is 2.14. The first-order valence-corrected chi connectivity index (χ1v) is 4.60. The number of anilines is 1. The van der Waals surface area contributed by atoms with Crippen molar-refractivity contribution in [2.24, 2.45) is 0 Å². The van der Waals surface area contributed by atoms with Gasteiger partial charge in [-0.1, -0.05) is 31.4 Å². The number of hydrogen-bond acceptors (Lipinski definition) is 2. The van der Waals surface area contributed by atoms with Crippen LogP contribution in [0.2, 0.25) is 5.02 Å². The molecule has 1 aromatic rings. The molecule has 0 bridgehead atoms. The third-order valence-electron chi connectivity index (χ3n) is 1.81. The molecule has 1 aromatic heterocycles. The minimum Gasteiger partial charge on any atom is -0.383 e. The summed E-state index contributed by atoms with van der Waals surface area (Å²) in [5.41, 5.74) is 5.65. The topological polar surface area (TPSA) is 43.8 Å². The van der Waals surface area contributed by atoms with Gasteiger partial charge in [0.25, 0.3) is 0 Å². The lowest BCUT2D eigenvalue weighted by molar-refractivity contribution is 0.559. The van der Waals surface area contributed by atoms with Crippen molar-refractivity contribution < 1.29 is 0 Å². The second-order valence-electron chi connectivity index (χ2n) is 2.81. The first kappa shape index (κ1) is 9.39. The summed E-state index contributed by atoms with van der Waals surface area (Å²) < 4.78 is 1.75. The van der Waals surface area contributed by atoms with Gasteiger partial charge in [-0.15, -0.1) is 0 Å². The van der Waals surface area contributed by atoms with E-state index in [9.17, 15) is 0 Å². The van der Waals surface area contributed by atoms with Crippen LogP contribution in [0.5, 0.6) is 0 Å². The molecule has 0 atom stereocenters. The zero-order valence-electron chi connectivity index (χ0n) is 7.26. The monoisotopic (exact) mass is 187 g/mol. The Morgan fingerprint density at radius 2 is 2.33 bits per heavy atom. The van der Waals surface area contributed by atoms with Crippen molar-refractivity contribution in [1.29, 1.82) is 0 Å². The van der Waals surface area contributed by atoms with Crippen LogP contribution in [-0.2, 0) is 6.54 Å². The maximum absolute atomic E-state index is 5.73. The average Bonchev–Trinajstić information content (AvgIpc) is 2.36. The summed E-state index contributed by atoms with van der Waals surface area (Å²) >= 11 is 5.73. The lowest BCUT2D eigenvalue weighted by atomic mass is 10.2. The van der Waals surface area contributed by atoms with E-state index in [1.165, 1.54) is 12.8 Å². The molecule has 0 spiro atoms. The Balaban J connectivity index is 2.46. The number of halogens is 1. The van der Waals surface area contributed by atoms with E-state index in [1.807, 2.05) is 0 Å². The molecule has 12 heavy (non-hydrogen) atoms. The summed E-state index contributed by atoms with van der Waals surface area (Å²) in [6, 6.07) is 0. The maximum Gasteiger partial charge on any atom is 0.140 e. The Hall–Kier alpha value is -0.700. The Bertz CT molecular complexity index is 244.